The molecule has 1 N–H and O–H groups in total. The fraction of sp³-hybridized carbons (Fsp3) is 0.500. The van der Waals surface area contributed by atoms with Gasteiger partial charge in [-0.3, -0.25) is 9.59 Å². The number of amides is 2. The number of nitrogens with one attached hydrogen (secondary N) is 1. The van der Waals surface area contributed by atoms with Crippen LogP contribution in [0.3, 0.4) is 0 Å². The molecule has 5 heteroatoms. The number of hydrogen-bond acceptors (Lipinski definition) is 3. The van der Waals surface area contributed by atoms with Crippen LogP contribution in [0.25, 0.3) is 0 Å². The lowest BCUT2D eigenvalue weighted by Gasteiger charge is -2.10. The fourth-order valence-corrected chi connectivity index (χ4v) is 2.26. The minimum atomic E-state index is -0.182. The summed E-state index contributed by atoms with van der Waals surface area (Å²) in [5.41, 5.74) is 0.644. The van der Waals surface area contributed by atoms with E-state index in [2.05, 4.69) is 12.2 Å². The molecule has 0 spiro atoms. The van der Waals surface area contributed by atoms with Crippen molar-refractivity contribution in [3.8, 4) is 0 Å². The quantitative estimate of drug-likeness (QED) is 0.866. The lowest BCUT2D eigenvalue weighted by atomic mass is 10.2. The third-order valence-corrected chi connectivity index (χ3v) is 3.31. The molecule has 0 fully saturated rings. The topological polar surface area (TPSA) is 49.4 Å². The highest BCUT2D eigenvalue weighted by Gasteiger charge is 2.10. The normalized spacial score (nSPS) is 10.1. The SMILES string of the molecule is CCCc1cc(C(=O)NCC(=O)N(C)C)cs1. The van der Waals surface area contributed by atoms with Crippen molar-refractivity contribution in [2.45, 2.75) is 19.8 Å². The van der Waals surface area contributed by atoms with Crippen LogP contribution in [0.15, 0.2) is 11.4 Å². The van der Waals surface area contributed by atoms with Crippen LogP contribution in [0, 0.1) is 0 Å². The number of nitrogens with zero attached hydrogens (tertiary/aromatic N) is 1. The molecule has 0 aliphatic rings. The molecule has 1 rings (SSSR count). The van der Waals surface area contributed by atoms with Crippen molar-refractivity contribution in [2.75, 3.05) is 20.6 Å². The highest BCUT2D eigenvalue weighted by atomic mass is 32.1. The third-order valence-electron chi connectivity index (χ3n) is 2.31. The summed E-state index contributed by atoms with van der Waals surface area (Å²) in [5, 5.41) is 4.45. The molecule has 17 heavy (non-hydrogen) atoms. The van der Waals surface area contributed by atoms with Gasteiger partial charge in [-0.25, -0.2) is 0 Å². The van der Waals surface area contributed by atoms with E-state index in [9.17, 15) is 9.59 Å². The third kappa shape index (κ3) is 4.19. The number of hydrogen-bond donors (Lipinski definition) is 1. The first-order valence-corrected chi connectivity index (χ1v) is 6.48. The Morgan fingerprint density at radius 3 is 2.71 bits per heavy atom. The van der Waals surface area contributed by atoms with Crippen LogP contribution in [0.5, 0.6) is 0 Å². The number of rotatable bonds is 5. The molecule has 1 aromatic rings. The Balaban J connectivity index is 2.49. The molecule has 0 saturated heterocycles. The molecule has 0 aromatic carbocycles. The van der Waals surface area contributed by atoms with E-state index in [0.29, 0.717) is 5.56 Å². The van der Waals surface area contributed by atoms with Crippen molar-refractivity contribution >= 4 is 23.2 Å². The minimum Gasteiger partial charge on any atom is -0.347 e. The van der Waals surface area contributed by atoms with Gasteiger partial charge in [-0.15, -0.1) is 11.3 Å². The molecule has 1 aromatic heterocycles. The van der Waals surface area contributed by atoms with Gasteiger partial charge in [0.15, 0.2) is 0 Å². The summed E-state index contributed by atoms with van der Waals surface area (Å²) < 4.78 is 0. The predicted octanol–water partition coefficient (Wildman–Crippen LogP) is 1.52. The molecule has 2 amide bonds. The number of aryl methyl sites for hydroxylation is 1. The minimum absolute atomic E-state index is 0.0464. The Morgan fingerprint density at radius 2 is 2.12 bits per heavy atom. The van der Waals surface area contributed by atoms with Crippen LogP contribution >= 0.6 is 11.3 Å². The average Bonchev–Trinajstić information content (AvgIpc) is 2.74. The van der Waals surface area contributed by atoms with Crippen molar-refractivity contribution in [3.63, 3.8) is 0 Å². The van der Waals surface area contributed by atoms with Crippen LogP contribution in [-0.2, 0) is 11.2 Å². The van der Waals surface area contributed by atoms with E-state index in [1.807, 2.05) is 11.4 Å². The van der Waals surface area contributed by atoms with Gasteiger partial charge < -0.3 is 10.2 Å². The van der Waals surface area contributed by atoms with Crippen LogP contribution < -0.4 is 5.32 Å². The van der Waals surface area contributed by atoms with Gasteiger partial charge in [-0.2, -0.15) is 0 Å². The molecule has 0 radical (unpaired) electrons. The summed E-state index contributed by atoms with van der Waals surface area (Å²) in [4.78, 5) is 25.7. The fourth-order valence-electron chi connectivity index (χ4n) is 1.29. The van der Waals surface area contributed by atoms with Crippen molar-refractivity contribution in [3.05, 3.63) is 21.9 Å². The van der Waals surface area contributed by atoms with Crippen molar-refractivity contribution in [2.24, 2.45) is 0 Å². The van der Waals surface area contributed by atoms with Crippen molar-refractivity contribution < 1.29 is 9.59 Å². The van der Waals surface area contributed by atoms with Gasteiger partial charge in [-0.05, 0) is 12.5 Å². The number of carbonyl (C=O) groups is 2. The molecule has 94 valence electrons. The monoisotopic (exact) mass is 254 g/mol. The molecule has 0 bridgehead atoms. The molecule has 4 nitrogen and oxygen atoms in total. The van der Waals surface area contributed by atoms with E-state index in [-0.39, 0.29) is 18.4 Å². The zero-order valence-electron chi connectivity index (χ0n) is 10.4. The maximum atomic E-state index is 11.7. The molecule has 0 saturated carbocycles. The van der Waals surface area contributed by atoms with E-state index < -0.39 is 0 Å². The Hall–Kier alpha value is -1.36. The van der Waals surface area contributed by atoms with Gasteiger partial charge in [0.2, 0.25) is 5.91 Å². The van der Waals surface area contributed by atoms with Crippen molar-refractivity contribution in [1.82, 2.24) is 10.2 Å². The summed E-state index contributed by atoms with van der Waals surface area (Å²) in [7, 11) is 3.33. The number of thiophene rings is 1. The van der Waals surface area contributed by atoms with Gasteiger partial charge in [0.1, 0.15) is 0 Å². The van der Waals surface area contributed by atoms with Crippen LogP contribution in [0.2, 0.25) is 0 Å². The largest absolute Gasteiger partial charge is 0.347 e. The number of carbonyl (C=O) groups excluding carboxylic acids is 2. The first-order valence-electron chi connectivity index (χ1n) is 5.60. The number of likely N-dealkylation sites (N-methyl/N-ethyl adjacent to an activating group) is 1. The summed E-state index contributed by atoms with van der Waals surface area (Å²) >= 11 is 1.59. The highest BCUT2D eigenvalue weighted by Crippen LogP contribution is 2.16. The molecule has 0 aliphatic heterocycles. The first-order chi connectivity index (χ1) is 8.04. The second kappa shape index (κ2) is 6.39. The van der Waals surface area contributed by atoms with Gasteiger partial charge in [0.25, 0.3) is 5.91 Å². The van der Waals surface area contributed by atoms with E-state index in [1.54, 1.807) is 25.4 Å². The Labute approximate surface area is 106 Å². The zero-order chi connectivity index (χ0) is 12.8. The molecular weight excluding hydrogens is 236 g/mol. The molecule has 0 atom stereocenters. The van der Waals surface area contributed by atoms with Gasteiger partial charge in [0, 0.05) is 24.4 Å². The zero-order valence-corrected chi connectivity index (χ0v) is 11.3. The van der Waals surface area contributed by atoms with Gasteiger partial charge in [-0.1, -0.05) is 13.3 Å². The predicted molar refractivity (Wildman–Crippen MR) is 69.3 cm³/mol. The van der Waals surface area contributed by atoms with Gasteiger partial charge >= 0.3 is 0 Å². The highest BCUT2D eigenvalue weighted by molar-refractivity contribution is 7.10. The summed E-state index contributed by atoms with van der Waals surface area (Å²) in [6.45, 7) is 2.15. The molecule has 1 heterocycles. The molecule has 0 unspecified atom stereocenters. The second-order valence-electron chi connectivity index (χ2n) is 4.02. The second-order valence-corrected chi connectivity index (χ2v) is 5.02. The van der Waals surface area contributed by atoms with E-state index in [1.165, 1.54) is 9.78 Å². The van der Waals surface area contributed by atoms with E-state index in [0.717, 1.165) is 12.8 Å². The molecule has 0 aliphatic carbocycles. The van der Waals surface area contributed by atoms with E-state index >= 15 is 0 Å². The standard InChI is InChI=1S/C12H18N2O2S/c1-4-5-10-6-9(8-17-10)12(16)13-7-11(15)14(2)3/h6,8H,4-5,7H2,1-3H3,(H,13,16). The van der Waals surface area contributed by atoms with Crippen molar-refractivity contribution in [1.29, 1.82) is 0 Å². The maximum Gasteiger partial charge on any atom is 0.252 e. The maximum absolute atomic E-state index is 11.7. The van der Waals surface area contributed by atoms with Crippen LogP contribution in [0.4, 0.5) is 0 Å². The summed E-state index contributed by atoms with van der Waals surface area (Å²) in [6.07, 6.45) is 2.06. The average molecular weight is 254 g/mol. The Bertz CT molecular complexity index is 399. The summed E-state index contributed by atoms with van der Waals surface area (Å²) in [5.74, 6) is -0.291. The Morgan fingerprint density at radius 1 is 1.41 bits per heavy atom. The van der Waals surface area contributed by atoms with Crippen LogP contribution in [0.1, 0.15) is 28.6 Å². The smallest absolute Gasteiger partial charge is 0.252 e. The first kappa shape index (κ1) is 13.7. The van der Waals surface area contributed by atoms with E-state index in [4.69, 9.17) is 0 Å². The van der Waals surface area contributed by atoms with Crippen LogP contribution in [-0.4, -0.2) is 37.4 Å². The molecular formula is C12H18N2O2S. The lowest BCUT2D eigenvalue weighted by molar-refractivity contribution is -0.127. The summed E-state index contributed by atoms with van der Waals surface area (Å²) in [6, 6.07) is 1.89. The lowest BCUT2D eigenvalue weighted by Crippen LogP contribution is -2.36. The Kier molecular flexibility index (Phi) is 5.15. The van der Waals surface area contributed by atoms with Gasteiger partial charge in [0.05, 0.1) is 12.1 Å².